The van der Waals surface area contributed by atoms with Gasteiger partial charge in [0, 0.05) is 7.05 Å². The summed E-state index contributed by atoms with van der Waals surface area (Å²) in [6, 6.07) is 2.69. The monoisotopic (exact) mass is 414 g/mol. The Morgan fingerprint density at radius 2 is 1.89 bits per heavy atom. The smallest absolute Gasteiger partial charge is 0.238 e. The summed E-state index contributed by atoms with van der Waals surface area (Å²) in [5.74, 6) is 0.268. The lowest BCUT2D eigenvalue weighted by Crippen LogP contribution is -2.20. The van der Waals surface area contributed by atoms with Crippen LogP contribution in [0.5, 0.6) is 5.75 Å². The third-order valence-electron chi connectivity index (χ3n) is 2.15. The van der Waals surface area contributed by atoms with Gasteiger partial charge >= 0.3 is 0 Å². The second-order valence-electron chi connectivity index (χ2n) is 3.53. The Bertz CT molecular complexity index is 566. The van der Waals surface area contributed by atoms with Gasteiger partial charge in [0.05, 0.1) is 26.9 Å². The van der Waals surface area contributed by atoms with Crippen LogP contribution in [0.2, 0.25) is 0 Å². The molecule has 0 saturated carbocycles. The SMILES string of the molecule is CNC(=O)CCOc1c(Br)cc(S(N)(=O)=O)cc1Br. The van der Waals surface area contributed by atoms with Crippen molar-refractivity contribution in [2.24, 2.45) is 5.14 Å². The van der Waals surface area contributed by atoms with Crippen molar-refractivity contribution in [2.45, 2.75) is 11.3 Å². The van der Waals surface area contributed by atoms with Gasteiger partial charge in [0.15, 0.2) is 0 Å². The molecule has 0 bridgehead atoms. The largest absolute Gasteiger partial charge is 0.491 e. The molecule has 1 amide bonds. The van der Waals surface area contributed by atoms with E-state index < -0.39 is 10.0 Å². The summed E-state index contributed by atoms with van der Waals surface area (Å²) in [5.41, 5.74) is 0. The van der Waals surface area contributed by atoms with Crippen LogP contribution in [0.15, 0.2) is 26.0 Å². The van der Waals surface area contributed by atoms with Gasteiger partial charge in [0.1, 0.15) is 5.75 Å². The zero-order chi connectivity index (χ0) is 14.6. The molecule has 1 aromatic rings. The second kappa shape index (κ2) is 6.69. The van der Waals surface area contributed by atoms with E-state index in [-0.39, 0.29) is 23.8 Å². The molecule has 0 aromatic heterocycles. The molecule has 19 heavy (non-hydrogen) atoms. The molecule has 0 atom stereocenters. The highest BCUT2D eigenvalue weighted by Gasteiger charge is 2.15. The lowest BCUT2D eigenvalue weighted by atomic mass is 10.3. The zero-order valence-corrected chi connectivity index (χ0v) is 13.9. The summed E-state index contributed by atoms with van der Waals surface area (Å²) < 4.78 is 28.8. The molecule has 1 rings (SSSR count). The van der Waals surface area contributed by atoms with Gasteiger partial charge < -0.3 is 10.1 Å². The lowest BCUT2D eigenvalue weighted by molar-refractivity contribution is -0.121. The molecule has 0 aliphatic carbocycles. The van der Waals surface area contributed by atoms with Crippen molar-refractivity contribution in [3.8, 4) is 5.75 Å². The number of carbonyl (C=O) groups excluding carboxylic acids is 1. The summed E-state index contributed by atoms with van der Waals surface area (Å²) in [7, 11) is -2.25. The summed E-state index contributed by atoms with van der Waals surface area (Å²) in [6.07, 6.45) is 0.201. The number of primary sulfonamides is 1. The summed E-state index contributed by atoms with van der Waals surface area (Å²) in [6.45, 7) is 0.172. The van der Waals surface area contributed by atoms with Crippen LogP contribution in [0.25, 0.3) is 0 Å². The highest BCUT2D eigenvalue weighted by atomic mass is 79.9. The molecule has 0 aliphatic rings. The van der Waals surface area contributed by atoms with Gasteiger partial charge in [-0.1, -0.05) is 0 Å². The van der Waals surface area contributed by atoms with E-state index in [0.717, 1.165) is 0 Å². The molecule has 9 heteroatoms. The van der Waals surface area contributed by atoms with E-state index in [0.29, 0.717) is 14.7 Å². The van der Waals surface area contributed by atoms with Gasteiger partial charge in [0.25, 0.3) is 0 Å². The number of ether oxygens (including phenoxy) is 1. The molecule has 0 heterocycles. The minimum absolute atomic E-state index is 0.0371. The van der Waals surface area contributed by atoms with Crippen molar-refractivity contribution in [1.82, 2.24) is 5.32 Å². The van der Waals surface area contributed by atoms with Crippen molar-refractivity contribution in [1.29, 1.82) is 0 Å². The van der Waals surface area contributed by atoms with Crippen molar-refractivity contribution >= 4 is 47.8 Å². The first kappa shape index (κ1) is 16.4. The summed E-state index contributed by atoms with van der Waals surface area (Å²) >= 11 is 6.40. The van der Waals surface area contributed by atoms with Gasteiger partial charge in [-0.05, 0) is 44.0 Å². The highest BCUT2D eigenvalue weighted by Crippen LogP contribution is 2.35. The molecule has 0 unspecified atom stereocenters. The Kier molecular flexibility index (Phi) is 5.78. The summed E-state index contributed by atoms with van der Waals surface area (Å²) in [4.78, 5) is 11.0. The number of hydrogen-bond acceptors (Lipinski definition) is 4. The predicted octanol–water partition coefficient (Wildman–Crippen LogP) is 1.37. The molecule has 0 aliphatic heterocycles. The van der Waals surface area contributed by atoms with Crippen molar-refractivity contribution in [3.05, 3.63) is 21.1 Å². The van der Waals surface area contributed by atoms with E-state index in [9.17, 15) is 13.2 Å². The zero-order valence-electron chi connectivity index (χ0n) is 9.94. The van der Waals surface area contributed by atoms with Crippen LogP contribution in [0, 0.1) is 0 Å². The quantitative estimate of drug-likeness (QED) is 0.758. The van der Waals surface area contributed by atoms with Gasteiger partial charge in [-0.15, -0.1) is 0 Å². The van der Waals surface area contributed by atoms with E-state index in [1.807, 2.05) is 0 Å². The Hall–Kier alpha value is -0.640. The van der Waals surface area contributed by atoms with Crippen LogP contribution in [0.4, 0.5) is 0 Å². The van der Waals surface area contributed by atoms with Crippen LogP contribution in [-0.4, -0.2) is 28.0 Å². The minimum atomic E-state index is -3.78. The maximum absolute atomic E-state index is 11.2. The molecule has 106 valence electrons. The van der Waals surface area contributed by atoms with Gasteiger partial charge in [-0.2, -0.15) is 0 Å². The van der Waals surface area contributed by atoms with E-state index in [1.165, 1.54) is 19.2 Å². The lowest BCUT2D eigenvalue weighted by Gasteiger charge is -2.11. The average Bonchev–Trinajstić information content (AvgIpc) is 2.30. The topological polar surface area (TPSA) is 98.5 Å². The first-order valence-corrected chi connectivity index (χ1v) is 8.24. The van der Waals surface area contributed by atoms with E-state index in [1.54, 1.807) is 0 Å². The second-order valence-corrected chi connectivity index (χ2v) is 6.80. The summed E-state index contributed by atoms with van der Waals surface area (Å²) in [5, 5.41) is 7.51. The van der Waals surface area contributed by atoms with E-state index in [2.05, 4.69) is 37.2 Å². The number of hydrogen-bond donors (Lipinski definition) is 2. The number of halogens is 2. The van der Waals surface area contributed by atoms with Gasteiger partial charge in [-0.3, -0.25) is 4.79 Å². The van der Waals surface area contributed by atoms with Crippen LogP contribution in [0.3, 0.4) is 0 Å². The van der Waals surface area contributed by atoms with Crippen molar-refractivity contribution in [2.75, 3.05) is 13.7 Å². The number of nitrogens with one attached hydrogen (secondary N) is 1. The first-order valence-electron chi connectivity index (χ1n) is 5.11. The number of sulfonamides is 1. The third-order valence-corrected chi connectivity index (χ3v) is 4.23. The molecule has 3 N–H and O–H groups in total. The molecule has 0 radical (unpaired) electrons. The fraction of sp³-hybridized carbons (Fsp3) is 0.300. The molecular formula is C10H12Br2N2O4S. The highest BCUT2D eigenvalue weighted by molar-refractivity contribution is 9.11. The van der Waals surface area contributed by atoms with Crippen LogP contribution in [-0.2, 0) is 14.8 Å². The molecule has 6 nitrogen and oxygen atoms in total. The van der Waals surface area contributed by atoms with Crippen LogP contribution in [0.1, 0.15) is 6.42 Å². The maximum Gasteiger partial charge on any atom is 0.238 e. The minimum Gasteiger partial charge on any atom is -0.491 e. The van der Waals surface area contributed by atoms with E-state index >= 15 is 0 Å². The van der Waals surface area contributed by atoms with Gasteiger partial charge in [-0.25, -0.2) is 13.6 Å². The standard InChI is InChI=1S/C10H12Br2N2O4S/c1-14-9(15)2-3-18-10-7(11)4-6(5-8(10)12)19(13,16)17/h4-5H,2-3H2,1H3,(H,14,15)(H2,13,16,17). The maximum atomic E-state index is 11.2. The Balaban J connectivity index is 2.89. The first-order chi connectivity index (χ1) is 8.75. The third kappa shape index (κ3) is 4.75. The number of rotatable bonds is 5. The van der Waals surface area contributed by atoms with Gasteiger partial charge in [0.2, 0.25) is 15.9 Å². The van der Waals surface area contributed by atoms with Crippen molar-refractivity contribution < 1.29 is 17.9 Å². The fourth-order valence-corrected chi connectivity index (χ4v) is 3.49. The van der Waals surface area contributed by atoms with Crippen molar-refractivity contribution in [3.63, 3.8) is 0 Å². The van der Waals surface area contributed by atoms with E-state index in [4.69, 9.17) is 9.88 Å². The Morgan fingerprint density at radius 1 is 1.37 bits per heavy atom. The molecule has 1 aromatic carbocycles. The van der Waals surface area contributed by atoms with Crippen LogP contribution < -0.4 is 15.2 Å². The molecular weight excluding hydrogens is 404 g/mol. The average molecular weight is 416 g/mol. The normalized spacial score (nSPS) is 11.2. The number of benzene rings is 1. The Labute approximate surface area is 128 Å². The Morgan fingerprint density at radius 3 is 2.32 bits per heavy atom. The molecule has 0 spiro atoms. The molecule has 0 saturated heterocycles. The number of amides is 1. The number of nitrogens with two attached hydrogens (primary N) is 1. The molecule has 0 fully saturated rings. The number of carbonyl (C=O) groups is 1. The predicted molar refractivity (Wildman–Crippen MR) is 77.4 cm³/mol. The fourth-order valence-electron chi connectivity index (χ4n) is 1.21. The van der Waals surface area contributed by atoms with Crippen LogP contribution >= 0.6 is 31.9 Å².